The predicted octanol–water partition coefficient (Wildman–Crippen LogP) is 1.71. The smallest absolute Gasteiger partial charge is 0.0917 e. The van der Waals surface area contributed by atoms with Crippen LogP contribution in [-0.2, 0) is 13.0 Å². The fraction of sp³-hybridized carbons (Fsp3) is 0.600. The molecule has 1 unspecified atom stereocenters. The Balaban J connectivity index is 2.08. The van der Waals surface area contributed by atoms with Gasteiger partial charge in [0.15, 0.2) is 0 Å². The Morgan fingerprint density at radius 3 is 2.83 bits per heavy atom. The average Bonchev–Trinajstić information content (AvgIpc) is 2.37. The summed E-state index contributed by atoms with van der Waals surface area (Å²) in [5, 5.41) is 13.7. The van der Waals surface area contributed by atoms with E-state index in [1.54, 1.807) is 0 Å². The van der Waals surface area contributed by atoms with E-state index in [4.69, 9.17) is 0 Å². The van der Waals surface area contributed by atoms with Crippen LogP contribution in [0.4, 0.5) is 0 Å². The zero-order chi connectivity index (χ0) is 13.1. The molecular weight excluding hydrogens is 224 g/mol. The molecule has 2 N–H and O–H groups in total. The van der Waals surface area contributed by atoms with Gasteiger partial charge in [0.1, 0.15) is 0 Å². The molecule has 100 valence electrons. The molecule has 1 aliphatic heterocycles. The molecule has 0 radical (unpaired) electrons. The average molecular weight is 248 g/mol. The zero-order valence-corrected chi connectivity index (χ0v) is 11.6. The first-order valence-corrected chi connectivity index (χ1v) is 6.78. The largest absolute Gasteiger partial charge is 0.387 e. The molecule has 0 aromatic heterocycles. The van der Waals surface area contributed by atoms with Crippen LogP contribution in [-0.4, -0.2) is 36.2 Å². The molecular formula is C15H24N2O. The summed E-state index contributed by atoms with van der Waals surface area (Å²) < 4.78 is 0. The molecule has 1 aliphatic rings. The Kier molecular flexibility index (Phi) is 4.38. The van der Waals surface area contributed by atoms with E-state index < -0.39 is 6.10 Å². The molecule has 0 fully saturated rings. The van der Waals surface area contributed by atoms with Gasteiger partial charge in [0.2, 0.25) is 0 Å². The minimum atomic E-state index is -0.398. The zero-order valence-electron chi connectivity index (χ0n) is 11.6. The second kappa shape index (κ2) is 5.83. The highest BCUT2D eigenvalue weighted by Crippen LogP contribution is 2.21. The van der Waals surface area contributed by atoms with Crippen molar-refractivity contribution in [3.8, 4) is 0 Å². The van der Waals surface area contributed by atoms with Gasteiger partial charge in [0.05, 0.1) is 6.10 Å². The Morgan fingerprint density at radius 1 is 1.33 bits per heavy atom. The van der Waals surface area contributed by atoms with Gasteiger partial charge in [-0.25, -0.2) is 0 Å². The summed E-state index contributed by atoms with van der Waals surface area (Å²) in [6, 6.07) is 6.85. The normalized spacial score (nSPS) is 17.0. The number of fused-ring (bicyclic) bond motifs is 1. The van der Waals surface area contributed by atoms with Crippen molar-refractivity contribution in [2.24, 2.45) is 0 Å². The van der Waals surface area contributed by atoms with Crippen molar-refractivity contribution in [1.82, 2.24) is 10.2 Å². The molecule has 1 aromatic rings. The Labute approximate surface area is 110 Å². The molecule has 1 atom stereocenters. The van der Waals surface area contributed by atoms with Gasteiger partial charge in [-0.2, -0.15) is 0 Å². The molecule has 0 spiro atoms. The van der Waals surface area contributed by atoms with Crippen molar-refractivity contribution >= 4 is 0 Å². The summed E-state index contributed by atoms with van der Waals surface area (Å²) in [4.78, 5) is 2.17. The summed E-state index contributed by atoms with van der Waals surface area (Å²) in [5.41, 5.74) is 3.79. The van der Waals surface area contributed by atoms with Crippen molar-refractivity contribution in [2.75, 3.05) is 20.1 Å². The molecule has 0 saturated carbocycles. The molecule has 2 rings (SSSR count). The van der Waals surface area contributed by atoms with Gasteiger partial charge in [-0.3, -0.25) is 0 Å². The highest BCUT2D eigenvalue weighted by molar-refractivity contribution is 5.34. The van der Waals surface area contributed by atoms with Gasteiger partial charge >= 0.3 is 0 Å². The number of aliphatic hydroxyl groups excluding tert-OH is 1. The van der Waals surface area contributed by atoms with E-state index in [1.165, 1.54) is 11.1 Å². The van der Waals surface area contributed by atoms with Crippen LogP contribution < -0.4 is 5.32 Å². The third-order valence-corrected chi connectivity index (χ3v) is 3.84. The third-order valence-electron chi connectivity index (χ3n) is 3.84. The van der Waals surface area contributed by atoms with Crippen LogP contribution in [0.5, 0.6) is 0 Å². The van der Waals surface area contributed by atoms with Gasteiger partial charge in [0, 0.05) is 19.1 Å². The van der Waals surface area contributed by atoms with Crippen LogP contribution in [0, 0.1) is 0 Å². The molecule has 0 amide bonds. The van der Waals surface area contributed by atoms with E-state index in [1.807, 2.05) is 7.05 Å². The highest BCUT2D eigenvalue weighted by atomic mass is 16.3. The summed E-state index contributed by atoms with van der Waals surface area (Å²) in [6.07, 6.45) is 0.696. The summed E-state index contributed by atoms with van der Waals surface area (Å²) >= 11 is 0. The lowest BCUT2D eigenvalue weighted by molar-refractivity contribution is 0.112. The van der Waals surface area contributed by atoms with Crippen LogP contribution in [0.25, 0.3) is 0 Å². The maximum Gasteiger partial charge on any atom is 0.0917 e. The predicted molar refractivity (Wildman–Crippen MR) is 74.6 cm³/mol. The minimum Gasteiger partial charge on any atom is -0.387 e. The molecule has 0 aliphatic carbocycles. The summed E-state index contributed by atoms with van der Waals surface area (Å²) in [6.45, 7) is 6.96. The topological polar surface area (TPSA) is 35.5 Å². The summed E-state index contributed by atoms with van der Waals surface area (Å²) in [5.74, 6) is 0. The van der Waals surface area contributed by atoms with Gasteiger partial charge in [-0.15, -0.1) is 0 Å². The lowest BCUT2D eigenvalue weighted by Crippen LogP contribution is -2.31. The number of likely N-dealkylation sites (N-methyl/N-ethyl adjacent to an activating group) is 1. The molecule has 1 heterocycles. The van der Waals surface area contributed by atoms with E-state index in [2.05, 4.69) is 42.3 Å². The van der Waals surface area contributed by atoms with Crippen molar-refractivity contribution in [2.45, 2.75) is 39.0 Å². The molecule has 3 nitrogen and oxygen atoms in total. The van der Waals surface area contributed by atoms with Crippen LogP contribution in [0.3, 0.4) is 0 Å². The van der Waals surface area contributed by atoms with Crippen molar-refractivity contribution in [3.05, 3.63) is 34.9 Å². The van der Waals surface area contributed by atoms with Crippen molar-refractivity contribution in [1.29, 1.82) is 0 Å². The number of aliphatic hydroxyl groups is 1. The maximum absolute atomic E-state index is 10.3. The van der Waals surface area contributed by atoms with E-state index in [0.29, 0.717) is 12.6 Å². The third kappa shape index (κ3) is 3.10. The first-order chi connectivity index (χ1) is 8.58. The number of nitrogens with zero attached hydrogens (tertiary/aromatic N) is 1. The standard InChI is InChI=1S/C15H24N2O/c1-11(2)17(3)10-15(18)13-5-4-12-6-7-16-9-14(12)8-13/h4-5,8,11,15-16,18H,6-7,9-10H2,1-3H3. The molecule has 1 aromatic carbocycles. The monoisotopic (exact) mass is 248 g/mol. The maximum atomic E-state index is 10.3. The lowest BCUT2D eigenvalue weighted by atomic mass is 9.96. The number of benzene rings is 1. The van der Waals surface area contributed by atoms with E-state index in [0.717, 1.165) is 25.1 Å². The second-order valence-corrected chi connectivity index (χ2v) is 5.50. The van der Waals surface area contributed by atoms with Crippen LogP contribution in [0.1, 0.15) is 36.6 Å². The van der Waals surface area contributed by atoms with Crippen LogP contribution >= 0.6 is 0 Å². The number of rotatable bonds is 4. The molecule has 0 saturated heterocycles. The van der Waals surface area contributed by atoms with Gasteiger partial charge < -0.3 is 15.3 Å². The fourth-order valence-electron chi connectivity index (χ4n) is 2.30. The number of hydrogen-bond acceptors (Lipinski definition) is 3. The SMILES string of the molecule is CC(C)N(C)CC(O)c1ccc2c(c1)CNCC2. The van der Waals surface area contributed by atoms with Crippen molar-refractivity contribution in [3.63, 3.8) is 0 Å². The van der Waals surface area contributed by atoms with E-state index in [-0.39, 0.29) is 0 Å². The minimum absolute atomic E-state index is 0.398. The molecule has 18 heavy (non-hydrogen) atoms. The number of hydrogen-bond donors (Lipinski definition) is 2. The van der Waals surface area contributed by atoms with Crippen LogP contribution in [0.2, 0.25) is 0 Å². The second-order valence-electron chi connectivity index (χ2n) is 5.50. The quantitative estimate of drug-likeness (QED) is 0.851. The fourth-order valence-corrected chi connectivity index (χ4v) is 2.30. The van der Waals surface area contributed by atoms with Gasteiger partial charge in [0.25, 0.3) is 0 Å². The van der Waals surface area contributed by atoms with Crippen LogP contribution in [0.15, 0.2) is 18.2 Å². The Morgan fingerprint density at radius 2 is 2.11 bits per heavy atom. The molecule has 0 bridgehead atoms. The highest BCUT2D eigenvalue weighted by Gasteiger charge is 2.15. The first kappa shape index (κ1) is 13.5. The Bertz CT molecular complexity index is 403. The van der Waals surface area contributed by atoms with Crippen molar-refractivity contribution < 1.29 is 5.11 Å². The van der Waals surface area contributed by atoms with Gasteiger partial charge in [-0.1, -0.05) is 18.2 Å². The number of nitrogens with one attached hydrogen (secondary N) is 1. The van der Waals surface area contributed by atoms with E-state index >= 15 is 0 Å². The summed E-state index contributed by atoms with van der Waals surface area (Å²) in [7, 11) is 2.05. The van der Waals surface area contributed by atoms with E-state index in [9.17, 15) is 5.11 Å². The lowest BCUT2D eigenvalue weighted by Gasteiger charge is -2.25. The first-order valence-electron chi connectivity index (χ1n) is 6.78. The molecule has 3 heteroatoms. The van der Waals surface area contributed by atoms with Gasteiger partial charge in [-0.05, 0) is 50.6 Å². The Hall–Kier alpha value is -0.900.